The molecule has 1 atom stereocenters. The van der Waals surface area contributed by atoms with Crippen molar-refractivity contribution in [2.75, 3.05) is 13.7 Å². The number of nitrogens with one attached hydrogen (secondary N) is 1. The Morgan fingerprint density at radius 3 is 2.58 bits per heavy atom. The maximum Gasteiger partial charge on any atom is 0.247 e. The van der Waals surface area contributed by atoms with Crippen molar-refractivity contribution in [1.82, 2.24) is 25.2 Å². The molecule has 0 aliphatic carbocycles. The molecular weight excluding hydrogens is 502 g/mol. The van der Waals surface area contributed by atoms with Crippen LogP contribution in [0.2, 0.25) is 0 Å². The highest BCUT2D eigenvalue weighted by Crippen LogP contribution is 2.34. The molecular formula is C28H33N5O4S. The Morgan fingerprint density at radius 1 is 1.11 bits per heavy atom. The van der Waals surface area contributed by atoms with E-state index in [1.165, 1.54) is 11.3 Å². The van der Waals surface area contributed by atoms with Gasteiger partial charge in [-0.05, 0) is 69.0 Å². The maximum absolute atomic E-state index is 14.0. The topological polar surface area (TPSA) is 98.6 Å². The zero-order valence-electron chi connectivity index (χ0n) is 22.3. The molecule has 0 saturated heterocycles. The van der Waals surface area contributed by atoms with E-state index < -0.39 is 11.6 Å². The number of thiophene rings is 1. The lowest BCUT2D eigenvalue weighted by atomic mass is 10.0. The first-order valence-electron chi connectivity index (χ1n) is 12.4. The number of hydrogen-bond acceptors (Lipinski definition) is 7. The maximum atomic E-state index is 14.0. The minimum absolute atomic E-state index is 0.0701. The molecule has 0 aliphatic rings. The molecule has 0 spiro atoms. The molecule has 0 saturated carbocycles. The Labute approximate surface area is 226 Å². The first kappa shape index (κ1) is 27.1. The number of rotatable bonds is 10. The van der Waals surface area contributed by atoms with E-state index in [0.717, 1.165) is 10.4 Å². The van der Waals surface area contributed by atoms with E-state index in [1.54, 1.807) is 34.9 Å². The number of methoxy groups -OCH3 is 1. The Bertz CT molecular complexity index is 1390. The van der Waals surface area contributed by atoms with Crippen LogP contribution in [0.3, 0.4) is 0 Å². The number of carbonyl (C=O) groups excluding carboxylic acids is 2. The van der Waals surface area contributed by atoms with Gasteiger partial charge in [-0.3, -0.25) is 9.59 Å². The standard InChI is InChI=1S/C28H33N5O4S/c1-6-37-23-14-13-19(16-24(23)36-5)26(27(35)29-28(2,3)4)32(17-20-10-9-15-38-20)25(34)18-33-22-12-8-7-11-21(22)30-31-33/h7-16,26H,6,17-18H2,1-5H3,(H,29,35)/t26-/m1/s1. The van der Waals surface area contributed by atoms with Crippen LogP contribution in [-0.2, 0) is 22.7 Å². The molecule has 2 amide bonds. The SMILES string of the molecule is CCOc1ccc([C@H](C(=O)NC(C)(C)C)N(Cc2cccs2)C(=O)Cn2nnc3ccccc32)cc1OC. The lowest BCUT2D eigenvalue weighted by Gasteiger charge is -2.33. The van der Waals surface area contributed by atoms with Crippen LogP contribution in [0, 0.1) is 0 Å². The van der Waals surface area contributed by atoms with Gasteiger partial charge in [0.1, 0.15) is 18.1 Å². The van der Waals surface area contributed by atoms with E-state index in [2.05, 4.69) is 15.6 Å². The molecule has 9 nitrogen and oxygen atoms in total. The van der Waals surface area contributed by atoms with Crippen LogP contribution < -0.4 is 14.8 Å². The molecule has 0 unspecified atom stereocenters. The summed E-state index contributed by atoms with van der Waals surface area (Å²) in [6.45, 7) is 8.27. The monoisotopic (exact) mass is 535 g/mol. The Kier molecular flexibility index (Phi) is 8.31. The van der Waals surface area contributed by atoms with Crippen LogP contribution in [0.5, 0.6) is 11.5 Å². The molecule has 0 bridgehead atoms. The highest BCUT2D eigenvalue weighted by Gasteiger charge is 2.34. The van der Waals surface area contributed by atoms with E-state index in [-0.39, 0.29) is 24.9 Å². The second kappa shape index (κ2) is 11.6. The van der Waals surface area contributed by atoms with E-state index >= 15 is 0 Å². The summed E-state index contributed by atoms with van der Waals surface area (Å²) in [5.74, 6) is 0.496. The summed E-state index contributed by atoms with van der Waals surface area (Å²) < 4.78 is 12.8. The molecule has 4 aromatic rings. The van der Waals surface area contributed by atoms with Gasteiger partial charge in [0.15, 0.2) is 11.5 Å². The van der Waals surface area contributed by atoms with Gasteiger partial charge in [0.2, 0.25) is 11.8 Å². The van der Waals surface area contributed by atoms with Crippen molar-refractivity contribution in [2.45, 2.75) is 52.4 Å². The minimum atomic E-state index is -0.928. The largest absolute Gasteiger partial charge is 0.493 e. The summed E-state index contributed by atoms with van der Waals surface area (Å²) in [4.78, 5) is 30.4. The van der Waals surface area contributed by atoms with Crippen molar-refractivity contribution >= 4 is 34.2 Å². The van der Waals surface area contributed by atoms with Crippen molar-refractivity contribution in [3.8, 4) is 11.5 Å². The van der Waals surface area contributed by atoms with Gasteiger partial charge in [-0.1, -0.05) is 29.5 Å². The Morgan fingerprint density at radius 2 is 1.89 bits per heavy atom. The molecule has 2 aromatic carbocycles. The zero-order valence-corrected chi connectivity index (χ0v) is 23.1. The number of ether oxygens (including phenoxy) is 2. The molecule has 0 aliphatic heterocycles. The van der Waals surface area contributed by atoms with Gasteiger partial charge in [0.05, 0.1) is 25.8 Å². The van der Waals surface area contributed by atoms with Crippen molar-refractivity contribution in [1.29, 1.82) is 0 Å². The smallest absolute Gasteiger partial charge is 0.247 e. The normalized spacial score (nSPS) is 12.2. The number of fused-ring (bicyclic) bond motifs is 1. The second-order valence-corrected chi connectivity index (χ2v) is 10.9. The summed E-state index contributed by atoms with van der Waals surface area (Å²) in [7, 11) is 1.55. The van der Waals surface area contributed by atoms with E-state index in [1.807, 2.05) is 69.5 Å². The van der Waals surface area contributed by atoms with Crippen LogP contribution in [0.25, 0.3) is 11.0 Å². The van der Waals surface area contributed by atoms with Crippen LogP contribution in [0.1, 0.15) is 44.2 Å². The number of amides is 2. The molecule has 2 heterocycles. The quantitative estimate of drug-likeness (QED) is 0.319. The Hall–Kier alpha value is -3.92. The molecule has 0 radical (unpaired) electrons. The average Bonchev–Trinajstić information content (AvgIpc) is 3.53. The summed E-state index contributed by atoms with van der Waals surface area (Å²) >= 11 is 1.53. The molecule has 200 valence electrons. The van der Waals surface area contributed by atoms with E-state index in [4.69, 9.17) is 9.47 Å². The predicted octanol–water partition coefficient (Wildman–Crippen LogP) is 4.58. The lowest BCUT2D eigenvalue weighted by molar-refractivity contribution is -0.142. The first-order valence-corrected chi connectivity index (χ1v) is 13.3. The Balaban J connectivity index is 1.78. The lowest BCUT2D eigenvalue weighted by Crippen LogP contribution is -2.49. The average molecular weight is 536 g/mol. The fourth-order valence-electron chi connectivity index (χ4n) is 4.19. The molecule has 2 aromatic heterocycles. The van der Waals surface area contributed by atoms with Gasteiger partial charge < -0.3 is 19.7 Å². The van der Waals surface area contributed by atoms with Crippen LogP contribution in [0.4, 0.5) is 0 Å². The molecule has 1 N–H and O–H groups in total. The molecule has 10 heteroatoms. The zero-order chi connectivity index (χ0) is 27.3. The first-order chi connectivity index (χ1) is 18.2. The number of aromatic nitrogens is 3. The third-order valence-electron chi connectivity index (χ3n) is 5.79. The molecule has 4 rings (SSSR count). The fraction of sp³-hybridized carbons (Fsp3) is 0.357. The number of carbonyl (C=O) groups is 2. The van der Waals surface area contributed by atoms with Gasteiger partial charge in [-0.2, -0.15) is 0 Å². The van der Waals surface area contributed by atoms with Crippen molar-refractivity contribution in [3.05, 3.63) is 70.4 Å². The van der Waals surface area contributed by atoms with Crippen LogP contribution in [0.15, 0.2) is 60.0 Å². The number of benzene rings is 2. The van der Waals surface area contributed by atoms with Crippen LogP contribution in [-0.4, -0.2) is 51.0 Å². The number of nitrogens with zero attached hydrogens (tertiary/aromatic N) is 4. The van der Waals surface area contributed by atoms with E-state index in [0.29, 0.717) is 29.2 Å². The summed E-state index contributed by atoms with van der Waals surface area (Å²) in [6.07, 6.45) is 0. The van der Waals surface area contributed by atoms with Gasteiger partial charge in [-0.15, -0.1) is 16.4 Å². The van der Waals surface area contributed by atoms with Gasteiger partial charge >= 0.3 is 0 Å². The second-order valence-electron chi connectivity index (χ2n) is 9.82. The highest BCUT2D eigenvalue weighted by atomic mass is 32.1. The van der Waals surface area contributed by atoms with Gasteiger partial charge in [-0.25, -0.2) is 4.68 Å². The van der Waals surface area contributed by atoms with E-state index in [9.17, 15) is 9.59 Å². The van der Waals surface area contributed by atoms with Gasteiger partial charge in [0, 0.05) is 10.4 Å². The number of para-hydroxylation sites is 1. The van der Waals surface area contributed by atoms with Crippen LogP contribution >= 0.6 is 11.3 Å². The summed E-state index contributed by atoms with van der Waals surface area (Å²) in [5.41, 5.74) is 1.55. The third kappa shape index (κ3) is 6.31. The van der Waals surface area contributed by atoms with Crippen molar-refractivity contribution in [2.24, 2.45) is 0 Å². The summed E-state index contributed by atoms with van der Waals surface area (Å²) in [5, 5.41) is 13.4. The predicted molar refractivity (Wildman–Crippen MR) is 147 cm³/mol. The summed E-state index contributed by atoms with van der Waals surface area (Å²) in [6, 6.07) is 15.8. The third-order valence-corrected chi connectivity index (χ3v) is 6.65. The molecule has 0 fully saturated rings. The molecule has 38 heavy (non-hydrogen) atoms. The van der Waals surface area contributed by atoms with Gasteiger partial charge in [0.25, 0.3) is 0 Å². The minimum Gasteiger partial charge on any atom is -0.493 e. The fourth-order valence-corrected chi connectivity index (χ4v) is 4.89. The van der Waals surface area contributed by atoms with Crippen molar-refractivity contribution in [3.63, 3.8) is 0 Å². The van der Waals surface area contributed by atoms with Crippen molar-refractivity contribution < 1.29 is 19.1 Å². The highest BCUT2D eigenvalue weighted by molar-refractivity contribution is 7.09. The number of hydrogen-bond donors (Lipinski definition) is 1.